The van der Waals surface area contributed by atoms with Crippen LogP contribution < -0.4 is 10.5 Å². The van der Waals surface area contributed by atoms with E-state index in [4.69, 9.17) is 22.1 Å². The quantitative estimate of drug-likeness (QED) is 0.733. The molecule has 2 N–H and O–H groups in total. The summed E-state index contributed by atoms with van der Waals surface area (Å²) >= 11 is 5.99. The van der Waals surface area contributed by atoms with Crippen molar-refractivity contribution in [3.63, 3.8) is 0 Å². The third kappa shape index (κ3) is 1.26. The van der Waals surface area contributed by atoms with Crippen LogP contribution in [0.2, 0.25) is 5.02 Å². The average Bonchev–Trinajstić information content (AvgIpc) is 2.18. The van der Waals surface area contributed by atoms with Crippen molar-refractivity contribution >= 4 is 28.1 Å². The lowest BCUT2D eigenvalue weighted by atomic mass is 10.1. The van der Waals surface area contributed by atoms with Crippen LogP contribution in [0.1, 0.15) is 0 Å². The van der Waals surface area contributed by atoms with Gasteiger partial charge in [-0.25, -0.2) is 4.98 Å². The molecule has 0 unspecified atom stereocenters. The van der Waals surface area contributed by atoms with E-state index in [0.29, 0.717) is 16.6 Å². The molecule has 1 aromatic heterocycles. The Hall–Kier alpha value is -1.48. The van der Waals surface area contributed by atoms with Crippen LogP contribution in [0, 0.1) is 0 Å². The molecule has 4 heteroatoms. The predicted molar refractivity (Wildman–Crippen MR) is 57.7 cm³/mol. The monoisotopic (exact) mass is 208 g/mol. The van der Waals surface area contributed by atoms with E-state index in [2.05, 4.69) is 4.98 Å². The summed E-state index contributed by atoms with van der Waals surface area (Å²) < 4.78 is 5.11. The number of pyridine rings is 1. The molecule has 0 aliphatic heterocycles. The van der Waals surface area contributed by atoms with Crippen LogP contribution in [0.3, 0.4) is 0 Å². The van der Waals surface area contributed by atoms with Crippen molar-refractivity contribution in [2.75, 3.05) is 12.8 Å². The highest BCUT2D eigenvalue weighted by atomic mass is 35.5. The van der Waals surface area contributed by atoms with E-state index in [-0.39, 0.29) is 0 Å². The molecule has 72 valence electrons. The Morgan fingerprint density at radius 3 is 2.93 bits per heavy atom. The lowest BCUT2D eigenvalue weighted by molar-refractivity contribution is 0.403. The van der Waals surface area contributed by atoms with Gasteiger partial charge in [0.15, 0.2) is 0 Å². The van der Waals surface area contributed by atoms with E-state index in [0.717, 1.165) is 10.8 Å². The first-order chi connectivity index (χ1) is 6.74. The maximum absolute atomic E-state index is 5.99. The Kier molecular flexibility index (Phi) is 2.17. The summed E-state index contributed by atoms with van der Waals surface area (Å²) in [6, 6.07) is 5.52. The van der Waals surface area contributed by atoms with Gasteiger partial charge in [-0.15, -0.1) is 0 Å². The molecule has 14 heavy (non-hydrogen) atoms. The Morgan fingerprint density at radius 2 is 2.21 bits per heavy atom. The summed E-state index contributed by atoms with van der Waals surface area (Å²) in [6.07, 6.45) is 1.54. The molecule has 0 spiro atoms. The minimum absolute atomic E-state index is 0.539. The van der Waals surface area contributed by atoms with Crippen molar-refractivity contribution in [2.45, 2.75) is 0 Å². The van der Waals surface area contributed by atoms with Gasteiger partial charge in [0.1, 0.15) is 0 Å². The molecule has 0 amide bonds. The van der Waals surface area contributed by atoms with Crippen molar-refractivity contribution in [1.29, 1.82) is 0 Å². The SMILES string of the molecule is COc1ncc(Cl)c2c(N)cccc12. The molecule has 2 rings (SSSR count). The van der Waals surface area contributed by atoms with Crippen molar-refractivity contribution in [3.05, 3.63) is 29.4 Å². The number of hydrogen-bond acceptors (Lipinski definition) is 3. The summed E-state index contributed by atoms with van der Waals surface area (Å²) in [5.74, 6) is 0.539. The van der Waals surface area contributed by atoms with E-state index in [1.54, 1.807) is 19.4 Å². The number of rotatable bonds is 1. The van der Waals surface area contributed by atoms with Gasteiger partial charge >= 0.3 is 0 Å². The second-order valence-corrected chi connectivity index (χ2v) is 3.29. The molecule has 0 bridgehead atoms. The fourth-order valence-electron chi connectivity index (χ4n) is 1.43. The first-order valence-electron chi connectivity index (χ1n) is 4.10. The number of nitrogen functional groups attached to an aromatic ring is 1. The molecule has 0 saturated heterocycles. The summed E-state index contributed by atoms with van der Waals surface area (Å²) in [5.41, 5.74) is 6.45. The zero-order valence-electron chi connectivity index (χ0n) is 7.62. The van der Waals surface area contributed by atoms with Gasteiger partial charge in [-0.05, 0) is 12.1 Å². The first kappa shape index (κ1) is 9.09. The summed E-state index contributed by atoms with van der Waals surface area (Å²) in [6.45, 7) is 0. The molecule has 0 radical (unpaired) electrons. The fraction of sp³-hybridized carbons (Fsp3) is 0.100. The molecule has 0 aliphatic rings. The molecule has 0 fully saturated rings. The predicted octanol–water partition coefficient (Wildman–Crippen LogP) is 2.48. The zero-order chi connectivity index (χ0) is 10.1. The van der Waals surface area contributed by atoms with Crippen molar-refractivity contribution < 1.29 is 4.74 Å². The lowest BCUT2D eigenvalue weighted by Crippen LogP contribution is -1.92. The lowest BCUT2D eigenvalue weighted by Gasteiger charge is -2.07. The number of methoxy groups -OCH3 is 1. The van der Waals surface area contributed by atoms with Gasteiger partial charge in [-0.1, -0.05) is 17.7 Å². The van der Waals surface area contributed by atoms with Crippen molar-refractivity contribution in [3.8, 4) is 5.88 Å². The highest BCUT2D eigenvalue weighted by molar-refractivity contribution is 6.36. The van der Waals surface area contributed by atoms with E-state index in [9.17, 15) is 0 Å². The number of nitrogens with zero attached hydrogens (tertiary/aromatic N) is 1. The third-order valence-corrected chi connectivity index (χ3v) is 2.34. The van der Waals surface area contributed by atoms with E-state index in [1.807, 2.05) is 12.1 Å². The van der Waals surface area contributed by atoms with Gasteiger partial charge in [0.05, 0.1) is 18.3 Å². The molecule has 0 atom stereocenters. The first-order valence-corrected chi connectivity index (χ1v) is 4.48. The highest BCUT2D eigenvalue weighted by Gasteiger charge is 2.08. The maximum Gasteiger partial charge on any atom is 0.221 e. The van der Waals surface area contributed by atoms with Gasteiger partial charge in [-0.2, -0.15) is 0 Å². The Morgan fingerprint density at radius 1 is 1.43 bits per heavy atom. The Labute approximate surface area is 86.5 Å². The molecule has 0 aliphatic carbocycles. The van der Waals surface area contributed by atoms with Gasteiger partial charge in [0, 0.05) is 16.5 Å². The van der Waals surface area contributed by atoms with Crippen LogP contribution in [0.4, 0.5) is 5.69 Å². The van der Waals surface area contributed by atoms with E-state index < -0.39 is 0 Å². The minimum Gasteiger partial charge on any atom is -0.481 e. The fourth-order valence-corrected chi connectivity index (χ4v) is 1.69. The molecular formula is C10H9ClN2O. The van der Waals surface area contributed by atoms with Crippen molar-refractivity contribution in [1.82, 2.24) is 4.98 Å². The normalized spacial score (nSPS) is 10.4. The number of halogens is 1. The van der Waals surface area contributed by atoms with Gasteiger partial charge in [0.2, 0.25) is 5.88 Å². The second kappa shape index (κ2) is 3.35. The van der Waals surface area contributed by atoms with Crippen LogP contribution >= 0.6 is 11.6 Å². The number of hydrogen-bond donors (Lipinski definition) is 1. The van der Waals surface area contributed by atoms with E-state index >= 15 is 0 Å². The van der Waals surface area contributed by atoms with Gasteiger partial charge < -0.3 is 10.5 Å². The van der Waals surface area contributed by atoms with E-state index in [1.165, 1.54) is 0 Å². The standard InChI is InChI=1S/C10H9ClN2O/c1-14-10-6-3-2-4-8(12)9(6)7(11)5-13-10/h2-5H,12H2,1H3. The third-order valence-electron chi connectivity index (χ3n) is 2.05. The molecule has 1 heterocycles. The topological polar surface area (TPSA) is 48.1 Å². The summed E-state index contributed by atoms with van der Waals surface area (Å²) in [7, 11) is 1.57. The smallest absolute Gasteiger partial charge is 0.221 e. The summed E-state index contributed by atoms with van der Waals surface area (Å²) in [4.78, 5) is 4.06. The second-order valence-electron chi connectivity index (χ2n) is 2.89. The Bertz CT molecular complexity index is 477. The van der Waals surface area contributed by atoms with Crippen molar-refractivity contribution in [2.24, 2.45) is 0 Å². The van der Waals surface area contributed by atoms with Crippen LogP contribution in [-0.4, -0.2) is 12.1 Å². The average molecular weight is 209 g/mol. The molecule has 1 aromatic carbocycles. The Balaban J connectivity index is 2.91. The maximum atomic E-state index is 5.99. The van der Waals surface area contributed by atoms with Crippen LogP contribution in [0.25, 0.3) is 10.8 Å². The van der Waals surface area contributed by atoms with Crippen LogP contribution in [0.5, 0.6) is 5.88 Å². The number of aromatic nitrogens is 1. The van der Waals surface area contributed by atoms with Gasteiger partial charge in [0.25, 0.3) is 0 Å². The molecule has 0 saturated carbocycles. The minimum atomic E-state index is 0.539. The molecule has 2 aromatic rings. The number of anilines is 1. The number of ether oxygens (including phenoxy) is 1. The molecule has 3 nitrogen and oxygen atoms in total. The van der Waals surface area contributed by atoms with Gasteiger partial charge in [-0.3, -0.25) is 0 Å². The number of benzene rings is 1. The number of nitrogens with two attached hydrogens (primary N) is 1. The summed E-state index contributed by atoms with van der Waals surface area (Å²) in [5, 5.41) is 2.17. The highest BCUT2D eigenvalue weighted by Crippen LogP contribution is 2.32. The number of fused-ring (bicyclic) bond motifs is 1. The van der Waals surface area contributed by atoms with Crippen LogP contribution in [0.15, 0.2) is 24.4 Å². The largest absolute Gasteiger partial charge is 0.481 e. The molecular weight excluding hydrogens is 200 g/mol. The zero-order valence-corrected chi connectivity index (χ0v) is 8.38. The van der Waals surface area contributed by atoms with Crippen LogP contribution in [-0.2, 0) is 0 Å².